The molecule has 3 rings (SSSR count). The van der Waals surface area contributed by atoms with E-state index in [1.54, 1.807) is 6.92 Å². The van der Waals surface area contributed by atoms with Crippen LogP contribution in [-0.4, -0.2) is 5.78 Å². The van der Waals surface area contributed by atoms with Gasteiger partial charge in [0, 0.05) is 17.8 Å². The van der Waals surface area contributed by atoms with Gasteiger partial charge in [-0.1, -0.05) is 54.6 Å². The number of benzene rings is 3. The second-order valence-electron chi connectivity index (χ2n) is 5.13. The number of rotatable bonds is 4. The highest BCUT2D eigenvalue weighted by Crippen LogP contribution is 2.20. The lowest BCUT2D eigenvalue weighted by Gasteiger charge is -2.10. The monoisotopic (exact) mass is 275 g/mol. The lowest BCUT2D eigenvalue weighted by atomic mass is 10.0. The summed E-state index contributed by atoms with van der Waals surface area (Å²) >= 11 is 0. The highest BCUT2D eigenvalue weighted by atomic mass is 16.1. The van der Waals surface area contributed by atoms with E-state index in [2.05, 4.69) is 47.8 Å². The van der Waals surface area contributed by atoms with Crippen molar-refractivity contribution < 1.29 is 4.79 Å². The van der Waals surface area contributed by atoms with E-state index in [-0.39, 0.29) is 5.78 Å². The van der Waals surface area contributed by atoms with Crippen LogP contribution in [0.5, 0.6) is 0 Å². The molecule has 21 heavy (non-hydrogen) atoms. The minimum Gasteiger partial charge on any atom is -0.381 e. The van der Waals surface area contributed by atoms with Gasteiger partial charge < -0.3 is 5.32 Å². The molecular formula is C19H17NO. The lowest BCUT2D eigenvalue weighted by Crippen LogP contribution is -2.01. The van der Waals surface area contributed by atoms with Gasteiger partial charge in [-0.2, -0.15) is 0 Å². The van der Waals surface area contributed by atoms with E-state index in [4.69, 9.17) is 0 Å². The summed E-state index contributed by atoms with van der Waals surface area (Å²) in [6.07, 6.45) is 0. The third-order valence-electron chi connectivity index (χ3n) is 3.63. The van der Waals surface area contributed by atoms with Crippen molar-refractivity contribution in [2.24, 2.45) is 0 Å². The molecule has 0 aliphatic carbocycles. The summed E-state index contributed by atoms with van der Waals surface area (Å²) in [6, 6.07) is 22.3. The Morgan fingerprint density at radius 2 is 1.71 bits per heavy atom. The molecule has 2 heteroatoms. The van der Waals surface area contributed by atoms with Crippen LogP contribution in [0.3, 0.4) is 0 Å². The number of Topliss-reactive ketones (excluding diaryl/α,β-unsaturated/α-hetero) is 1. The maximum Gasteiger partial charge on any atom is 0.159 e. The van der Waals surface area contributed by atoms with Gasteiger partial charge in [-0.25, -0.2) is 0 Å². The highest BCUT2D eigenvalue weighted by Gasteiger charge is 2.02. The Hall–Kier alpha value is -2.61. The first kappa shape index (κ1) is 13.4. The standard InChI is InChI=1S/C19H17NO/c1-14(21)16-8-5-10-18(12-16)20-13-17-9-4-7-15-6-2-3-11-19(15)17/h2-12,20H,13H2,1H3. The van der Waals surface area contributed by atoms with Gasteiger partial charge in [-0.3, -0.25) is 4.79 Å². The Morgan fingerprint density at radius 3 is 2.57 bits per heavy atom. The van der Waals surface area contributed by atoms with E-state index in [0.29, 0.717) is 0 Å². The predicted octanol–water partition coefficient (Wildman–Crippen LogP) is 4.65. The van der Waals surface area contributed by atoms with Crippen LogP contribution in [0.4, 0.5) is 5.69 Å². The van der Waals surface area contributed by atoms with Crippen LogP contribution in [-0.2, 0) is 6.54 Å². The summed E-state index contributed by atoms with van der Waals surface area (Å²) in [5.74, 6) is 0.0869. The maximum atomic E-state index is 11.4. The molecule has 104 valence electrons. The van der Waals surface area contributed by atoms with E-state index in [9.17, 15) is 4.79 Å². The van der Waals surface area contributed by atoms with Crippen molar-refractivity contribution in [1.29, 1.82) is 0 Å². The maximum absolute atomic E-state index is 11.4. The molecule has 0 bridgehead atoms. The van der Waals surface area contributed by atoms with Crippen molar-refractivity contribution in [3.63, 3.8) is 0 Å². The molecule has 0 saturated heterocycles. The first-order valence-electron chi connectivity index (χ1n) is 7.05. The van der Waals surface area contributed by atoms with E-state index in [1.165, 1.54) is 16.3 Å². The number of ketones is 1. The SMILES string of the molecule is CC(=O)c1cccc(NCc2cccc3ccccc23)c1. The van der Waals surface area contributed by atoms with Gasteiger partial charge >= 0.3 is 0 Å². The molecule has 0 atom stereocenters. The molecule has 0 unspecified atom stereocenters. The van der Waals surface area contributed by atoms with Gasteiger partial charge in [-0.05, 0) is 35.4 Å². The molecule has 0 aliphatic rings. The molecule has 1 N–H and O–H groups in total. The van der Waals surface area contributed by atoms with Crippen molar-refractivity contribution >= 4 is 22.2 Å². The van der Waals surface area contributed by atoms with Crippen molar-refractivity contribution in [3.8, 4) is 0 Å². The third-order valence-corrected chi connectivity index (χ3v) is 3.63. The first-order chi connectivity index (χ1) is 10.2. The average Bonchev–Trinajstić information content (AvgIpc) is 2.53. The fourth-order valence-electron chi connectivity index (χ4n) is 2.49. The molecule has 3 aromatic carbocycles. The topological polar surface area (TPSA) is 29.1 Å². The van der Waals surface area contributed by atoms with Gasteiger partial charge in [0.25, 0.3) is 0 Å². The van der Waals surface area contributed by atoms with Crippen molar-refractivity contribution in [2.75, 3.05) is 5.32 Å². The molecule has 0 radical (unpaired) electrons. The van der Waals surface area contributed by atoms with E-state index in [1.807, 2.05) is 24.3 Å². The zero-order valence-electron chi connectivity index (χ0n) is 12.0. The lowest BCUT2D eigenvalue weighted by molar-refractivity contribution is 0.101. The Morgan fingerprint density at radius 1 is 0.952 bits per heavy atom. The number of anilines is 1. The zero-order chi connectivity index (χ0) is 14.7. The van der Waals surface area contributed by atoms with Crippen LogP contribution in [0.2, 0.25) is 0 Å². The minimum absolute atomic E-state index is 0.0869. The smallest absolute Gasteiger partial charge is 0.159 e. The normalized spacial score (nSPS) is 10.5. The quantitative estimate of drug-likeness (QED) is 0.702. The summed E-state index contributed by atoms with van der Waals surface area (Å²) in [4.78, 5) is 11.4. The minimum atomic E-state index is 0.0869. The number of nitrogens with one attached hydrogen (secondary N) is 1. The molecule has 0 amide bonds. The second-order valence-corrected chi connectivity index (χ2v) is 5.13. The molecule has 0 saturated carbocycles. The van der Waals surface area contributed by atoms with Crippen molar-refractivity contribution in [3.05, 3.63) is 77.9 Å². The molecule has 0 fully saturated rings. The summed E-state index contributed by atoms with van der Waals surface area (Å²) in [7, 11) is 0. The molecule has 3 aromatic rings. The summed E-state index contributed by atoms with van der Waals surface area (Å²) < 4.78 is 0. The number of carbonyl (C=O) groups is 1. The van der Waals surface area contributed by atoms with Crippen LogP contribution in [0.15, 0.2) is 66.7 Å². The molecule has 2 nitrogen and oxygen atoms in total. The van der Waals surface area contributed by atoms with Crippen LogP contribution >= 0.6 is 0 Å². The molecule has 0 spiro atoms. The fourth-order valence-corrected chi connectivity index (χ4v) is 2.49. The Kier molecular flexibility index (Phi) is 3.69. The Balaban J connectivity index is 1.84. The van der Waals surface area contributed by atoms with E-state index < -0.39 is 0 Å². The zero-order valence-corrected chi connectivity index (χ0v) is 12.0. The van der Waals surface area contributed by atoms with Crippen molar-refractivity contribution in [2.45, 2.75) is 13.5 Å². The first-order valence-corrected chi connectivity index (χ1v) is 7.05. The van der Waals surface area contributed by atoms with E-state index >= 15 is 0 Å². The Bertz CT molecular complexity index is 787. The largest absolute Gasteiger partial charge is 0.381 e. The molecule has 0 heterocycles. The van der Waals surface area contributed by atoms with Crippen LogP contribution < -0.4 is 5.32 Å². The Labute approximate surface area is 124 Å². The predicted molar refractivity (Wildman–Crippen MR) is 87.7 cm³/mol. The van der Waals surface area contributed by atoms with Gasteiger partial charge in [0.1, 0.15) is 0 Å². The summed E-state index contributed by atoms with van der Waals surface area (Å²) in [5, 5.41) is 5.90. The number of hydrogen-bond donors (Lipinski definition) is 1. The molecule has 0 aromatic heterocycles. The molecule has 0 aliphatic heterocycles. The van der Waals surface area contributed by atoms with Crippen molar-refractivity contribution in [1.82, 2.24) is 0 Å². The number of hydrogen-bond acceptors (Lipinski definition) is 2. The number of carbonyl (C=O) groups excluding carboxylic acids is 1. The average molecular weight is 275 g/mol. The van der Waals surface area contributed by atoms with E-state index in [0.717, 1.165) is 17.8 Å². The second kappa shape index (κ2) is 5.80. The van der Waals surface area contributed by atoms with Crippen LogP contribution in [0.1, 0.15) is 22.8 Å². The fraction of sp³-hybridized carbons (Fsp3) is 0.105. The van der Waals surface area contributed by atoms with Gasteiger partial charge in [0.2, 0.25) is 0 Å². The number of fused-ring (bicyclic) bond motifs is 1. The third kappa shape index (κ3) is 2.95. The van der Waals surface area contributed by atoms with Gasteiger partial charge in [0.15, 0.2) is 5.78 Å². The summed E-state index contributed by atoms with van der Waals surface area (Å²) in [5.41, 5.74) is 2.95. The van der Waals surface area contributed by atoms with Crippen LogP contribution in [0.25, 0.3) is 10.8 Å². The highest BCUT2D eigenvalue weighted by molar-refractivity contribution is 5.95. The molecular weight excluding hydrogens is 258 g/mol. The van der Waals surface area contributed by atoms with Crippen LogP contribution in [0, 0.1) is 0 Å². The van der Waals surface area contributed by atoms with Gasteiger partial charge in [-0.15, -0.1) is 0 Å². The van der Waals surface area contributed by atoms with Gasteiger partial charge in [0.05, 0.1) is 0 Å². The summed E-state index contributed by atoms with van der Waals surface area (Å²) in [6.45, 7) is 2.33.